The lowest BCUT2D eigenvalue weighted by Gasteiger charge is -2.09. The molecule has 0 atom stereocenters. The van der Waals surface area contributed by atoms with Crippen molar-refractivity contribution in [3.8, 4) is 0 Å². The summed E-state index contributed by atoms with van der Waals surface area (Å²) in [7, 11) is 0. The van der Waals surface area contributed by atoms with Crippen molar-refractivity contribution in [1.29, 1.82) is 0 Å². The molecule has 2 N–H and O–H groups in total. The molecule has 0 saturated heterocycles. The summed E-state index contributed by atoms with van der Waals surface area (Å²) in [5, 5.41) is 4.65. The van der Waals surface area contributed by atoms with Gasteiger partial charge in [-0.1, -0.05) is 6.07 Å². The molecule has 2 aromatic rings. The third kappa shape index (κ3) is 4.22. The molecule has 0 aliphatic heterocycles. The molecule has 0 aliphatic rings. The van der Waals surface area contributed by atoms with Gasteiger partial charge in [-0.25, -0.2) is 18.0 Å². The summed E-state index contributed by atoms with van der Waals surface area (Å²) in [4.78, 5) is 11.6. The average Bonchev–Trinajstić information content (AvgIpc) is 2.44. The van der Waals surface area contributed by atoms with Crippen LogP contribution < -0.4 is 10.6 Å². The zero-order valence-corrected chi connectivity index (χ0v) is 12.2. The van der Waals surface area contributed by atoms with E-state index in [9.17, 15) is 18.0 Å². The zero-order chi connectivity index (χ0) is 15.4. The van der Waals surface area contributed by atoms with Crippen LogP contribution in [-0.4, -0.2) is 6.03 Å². The molecule has 0 saturated carbocycles. The maximum atomic E-state index is 13.3. The molecule has 0 aromatic heterocycles. The number of hydrogen-bond acceptors (Lipinski definition) is 1. The normalized spacial score (nSPS) is 10.3. The van der Waals surface area contributed by atoms with E-state index >= 15 is 0 Å². The van der Waals surface area contributed by atoms with Crippen LogP contribution in [0.2, 0.25) is 0 Å². The summed E-state index contributed by atoms with van der Waals surface area (Å²) < 4.78 is 39.6. The Bertz CT molecular complexity index is 679. The molecule has 0 spiro atoms. The van der Waals surface area contributed by atoms with Gasteiger partial charge in [0.25, 0.3) is 0 Å². The second-order valence-electron chi connectivity index (χ2n) is 4.18. The Morgan fingerprint density at radius 1 is 1.05 bits per heavy atom. The van der Waals surface area contributed by atoms with Crippen LogP contribution in [0.5, 0.6) is 0 Å². The lowest BCUT2D eigenvalue weighted by atomic mass is 10.2. The number of urea groups is 1. The zero-order valence-electron chi connectivity index (χ0n) is 10.6. The van der Waals surface area contributed by atoms with Gasteiger partial charge in [-0.2, -0.15) is 0 Å². The van der Waals surface area contributed by atoms with Crippen molar-refractivity contribution in [1.82, 2.24) is 5.32 Å². The van der Waals surface area contributed by atoms with Crippen molar-refractivity contribution in [2.45, 2.75) is 6.54 Å². The monoisotopic (exact) mass is 358 g/mol. The highest BCUT2D eigenvalue weighted by Crippen LogP contribution is 2.17. The fourth-order valence-corrected chi connectivity index (χ4v) is 2.02. The van der Waals surface area contributed by atoms with Crippen LogP contribution in [0, 0.1) is 17.5 Å². The highest BCUT2D eigenvalue weighted by Gasteiger charge is 2.08. The fourth-order valence-electron chi connectivity index (χ4n) is 1.59. The first-order chi connectivity index (χ1) is 9.95. The number of halogens is 4. The van der Waals surface area contributed by atoms with Gasteiger partial charge in [0.1, 0.15) is 17.5 Å². The summed E-state index contributed by atoms with van der Waals surface area (Å²) in [6, 6.07) is 6.33. The molecule has 0 radical (unpaired) electrons. The van der Waals surface area contributed by atoms with Gasteiger partial charge in [0.15, 0.2) is 0 Å². The van der Waals surface area contributed by atoms with E-state index in [0.717, 1.165) is 18.2 Å². The minimum Gasteiger partial charge on any atom is -0.334 e. The predicted octanol–water partition coefficient (Wildman–Crippen LogP) is 4.19. The van der Waals surface area contributed by atoms with Gasteiger partial charge in [-0.05, 0) is 45.8 Å². The van der Waals surface area contributed by atoms with Crippen LogP contribution in [-0.2, 0) is 6.54 Å². The summed E-state index contributed by atoms with van der Waals surface area (Å²) in [5.41, 5.74) is 0.394. The van der Waals surface area contributed by atoms with Crippen molar-refractivity contribution in [2.24, 2.45) is 0 Å². The number of benzene rings is 2. The number of amides is 2. The molecule has 21 heavy (non-hydrogen) atoms. The van der Waals surface area contributed by atoms with Gasteiger partial charge in [0.2, 0.25) is 0 Å². The molecule has 2 rings (SSSR count). The minimum absolute atomic E-state index is 0.113. The van der Waals surface area contributed by atoms with Crippen LogP contribution in [0.3, 0.4) is 0 Å². The lowest BCUT2D eigenvalue weighted by Crippen LogP contribution is -2.28. The highest BCUT2D eigenvalue weighted by molar-refractivity contribution is 9.10. The van der Waals surface area contributed by atoms with E-state index in [-0.39, 0.29) is 16.7 Å². The van der Waals surface area contributed by atoms with Gasteiger partial charge in [0, 0.05) is 12.6 Å². The van der Waals surface area contributed by atoms with Crippen molar-refractivity contribution >= 4 is 27.6 Å². The van der Waals surface area contributed by atoms with Crippen LogP contribution in [0.25, 0.3) is 0 Å². The van der Waals surface area contributed by atoms with Gasteiger partial charge >= 0.3 is 6.03 Å². The molecule has 2 aromatic carbocycles. The van der Waals surface area contributed by atoms with E-state index < -0.39 is 23.5 Å². The number of nitrogens with one attached hydrogen (secondary N) is 2. The van der Waals surface area contributed by atoms with Gasteiger partial charge < -0.3 is 10.6 Å². The van der Waals surface area contributed by atoms with E-state index in [4.69, 9.17) is 0 Å². The molecule has 7 heteroatoms. The van der Waals surface area contributed by atoms with Gasteiger partial charge in [0.05, 0.1) is 10.2 Å². The molecule has 0 bridgehead atoms. The number of anilines is 1. The average molecular weight is 359 g/mol. The summed E-state index contributed by atoms with van der Waals surface area (Å²) >= 11 is 3.03. The van der Waals surface area contributed by atoms with E-state index in [1.165, 1.54) is 18.2 Å². The predicted molar refractivity (Wildman–Crippen MR) is 76.3 cm³/mol. The first kappa shape index (κ1) is 15.4. The Labute approximate surface area is 127 Å². The molecule has 3 nitrogen and oxygen atoms in total. The maximum absolute atomic E-state index is 13.3. The van der Waals surface area contributed by atoms with Crippen LogP contribution in [0.1, 0.15) is 5.56 Å². The Kier molecular flexibility index (Phi) is 4.85. The first-order valence-corrected chi connectivity index (χ1v) is 6.69. The van der Waals surface area contributed by atoms with Crippen LogP contribution in [0.4, 0.5) is 23.7 Å². The van der Waals surface area contributed by atoms with E-state index in [0.29, 0.717) is 5.56 Å². The molecule has 2 amide bonds. The third-order valence-electron chi connectivity index (χ3n) is 2.61. The molecular formula is C14H10BrF3N2O. The number of carbonyl (C=O) groups is 1. The van der Waals surface area contributed by atoms with Crippen LogP contribution in [0.15, 0.2) is 40.9 Å². The molecule has 0 heterocycles. The topological polar surface area (TPSA) is 41.1 Å². The van der Waals surface area contributed by atoms with E-state index in [1.54, 1.807) is 0 Å². The summed E-state index contributed by atoms with van der Waals surface area (Å²) in [6.07, 6.45) is 0. The van der Waals surface area contributed by atoms with Crippen molar-refractivity contribution < 1.29 is 18.0 Å². The fraction of sp³-hybridized carbons (Fsp3) is 0.0714. The largest absolute Gasteiger partial charge is 0.334 e. The van der Waals surface area contributed by atoms with Crippen molar-refractivity contribution in [2.75, 3.05) is 5.32 Å². The number of carbonyl (C=O) groups excluding carboxylic acids is 1. The Balaban J connectivity index is 1.95. The summed E-state index contributed by atoms with van der Waals surface area (Å²) in [6.45, 7) is 0.113. The van der Waals surface area contributed by atoms with Crippen molar-refractivity contribution in [3.63, 3.8) is 0 Å². The first-order valence-electron chi connectivity index (χ1n) is 5.89. The quantitative estimate of drug-likeness (QED) is 0.848. The van der Waals surface area contributed by atoms with Gasteiger partial charge in [-0.3, -0.25) is 0 Å². The molecule has 0 aliphatic carbocycles. The minimum atomic E-state index is -0.740. The molecule has 0 unspecified atom stereocenters. The Morgan fingerprint density at radius 3 is 2.48 bits per heavy atom. The molecular weight excluding hydrogens is 349 g/mol. The van der Waals surface area contributed by atoms with Crippen molar-refractivity contribution in [3.05, 3.63) is 63.9 Å². The second kappa shape index (κ2) is 6.62. The smallest absolute Gasteiger partial charge is 0.319 e. The second-order valence-corrected chi connectivity index (χ2v) is 5.03. The Morgan fingerprint density at radius 2 is 1.76 bits per heavy atom. The highest BCUT2D eigenvalue weighted by atomic mass is 79.9. The lowest BCUT2D eigenvalue weighted by molar-refractivity contribution is 0.251. The maximum Gasteiger partial charge on any atom is 0.319 e. The van der Waals surface area contributed by atoms with E-state index in [2.05, 4.69) is 26.6 Å². The molecule has 110 valence electrons. The van der Waals surface area contributed by atoms with Crippen LogP contribution >= 0.6 is 15.9 Å². The number of hydrogen-bond donors (Lipinski definition) is 2. The standard InChI is InChI=1S/C14H10BrF3N2O/c15-10-5-8(1-3-11(10)17)7-19-14(21)20-13-6-9(16)2-4-12(13)18/h1-6H,7H2,(H2,19,20,21). The number of rotatable bonds is 3. The van der Waals surface area contributed by atoms with Gasteiger partial charge in [-0.15, -0.1) is 0 Å². The van der Waals surface area contributed by atoms with E-state index in [1.807, 2.05) is 0 Å². The SMILES string of the molecule is O=C(NCc1ccc(F)c(Br)c1)Nc1cc(F)ccc1F. The third-order valence-corrected chi connectivity index (χ3v) is 3.22. The summed E-state index contributed by atoms with van der Waals surface area (Å²) in [5.74, 6) is -1.81. The molecule has 0 fully saturated rings. The Hall–Kier alpha value is -2.02.